The molecule has 0 unspecified atom stereocenters. The van der Waals surface area contributed by atoms with Crippen molar-refractivity contribution in [3.8, 4) is 0 Å². The van der Waals surface area contributed by atoms with Gasteiger partial charge in [-0.2, -0.15) is 0 Å². The number of nitrogens with zero attached hydrogens (tertiary/aromatic N) is 1. The number of nitrogens with two attached hydrogens (primary N) is 1. The maximum absolute atomic E-state index is 13.6. The third-order valence-corrected chi connectivity index (χ3v) is 4.62. The zero-order valence-corrected chi connectivity index (χ0v) is 12.7. The van der Waals surface area contributed by atoms with Gasteiger partial charge in [0.25, 0.3) is 0 Å². The molecule has 114 valence electrons. The molecule has 8 heteroatoms. The highest BCUT2D eigenvalue weighted by molar-refractivity contribution is 7.89. The first kappa shape index (κ1) is 15.5. The molecule has 0 saturated carbocycles. The Balaban J connectivity index is 2.27. The molecule has 1 aromatic heterocycles. The van der Waals surface area contributed by atoms with E-state index >= 15 is 0 Å². The molecule has 2 aromatic rings. The number of hydrogen-bond donors (Lipinski definition) is 2. The molecule has 0 radical (unpaired) electrons. The van der Waals surface area contributed by atoms with Gasteiger partial charge in [-0.25, -0.2) is 22.5 Å². The molecule has 6 nitrogen and oxygen atoms in total. The van der Waals surface area contributed by atoms with Crippen LogP contribution >= 0.6 is 0 Å². The normalized spacial score (nSPS) is 11.8. The van der Waals surface area contributed by atoms with E-state index in [4.69, 9.17) is 10.2 Å². The first-order chi connectivity index (χ1) is 9.70. The fourth-order valence-corrected chi connectivity index (χ4v) is 3.06. The Morgan fingerprint density at radius 1 is 1.33 bits per heavy atom. The third-order valence-electron chi connectivity index (χ3n) is 3.09. The van der Waals surface area contributed by atoms with Gasteiger partial charge >= 0.3 is 0 Å². The van der Waals surface area contributed by atoms with E-state index in [-0.39, 0.29) is 28.6 Å². The van der Waals surface area contributed by atoms with Crippen LogP contribution in [0.1, 0.15) is 22.9 Å². The molecule has 3 N–H and O–H groups in total. The summed E-state index contributed by atoms with van der Waals surface area (Å²) in [7, 11) is -3.91. The van der Waals surface area contributed by atoms with Crippen molar-refractivity contribution < 1.29 is 17.2 Å². The van der Waals surface area contributed by atoms with E-state index in [0.29, 0.717) is 11.5 Å². The monoisotopic (exact) mass is 313 g/mol. The van der Waals surface area contributed by atoms with Gasteiger partial charge in [0.15, 0.2) is 0 Å². The van der Waals surface area contributed by atoms with E-state index < -0.39 is 15.8 Å². The molecule has 0 aliphatic heterocycles. The van der Waals surface area contributed by atoms with Gasteiger partial charge in [-0.05, 0) is 32.9 Å². The fourth-order valence-electron chi connectivity index (χ4n) is 1.80. The summed E-state index contributed by atoms with van der Waals surface area (Å²) in [4.78, 5) is 3.88. The predicted octanol–water partition coefficient (Wildman–Crippen LogP) is 1.80. The molecule has 1 heterocycles. The van der Waals surface area contributed by atoms with Gasteiger partial charge in [0.1, 0.15) is 11.6 Å². The summed E-state index contributed by atoms with van der Waals surface area (Å²) in [6.07, 6.45) is 0. The van der Waals surface area contributed by atoms with E-state index in [9.17, 15) is 12.8 Å². The van der Waals surface area contributed by atoms with Crippen LogP contribution in [0.5, 0.6) is 0 Å². The second kappa shape index (κ2) is 5.45. The fraction of sp³-hybridized carbons (Fsp3) is 0.308. The van der Waals surface area contributed by atoms with Crippen LogP contribution in [0.3, 0.4) is 0 Å². The lowest BCUT2D eigenvalue weighted by molar-refractivity contribution is 0.463. The number of aryl methyl sites for hydroxylation is 2. The first-order valence-electron chi connectivity index (χ1n) is 6.19. The predicted molar refractivity (Wildman–Crippen MR) is 75.6 cm³/mol. The van der Waals surface area contributed by atoms with Crippen molar-refractivity contribution in [1.29, 1.82) is 0 Å². The van der Waals surface area contributed by atoms with Crippen molar-refractivity contribution >= 4 is 15.7 Å². The maximum Gasteiger partial charge on any atom is 0.241 e. The van der Waals surface area contributed by atoms with E-state index in [0.717, 1.165) is 6.07 Å². The van der Waals surface area contributed by atoms with Crippen LogP contribution in [-0.2, 0) is 16.6 Å². The highest BCUT2D eigenvalue weighted by atomic mass is 32.2. The molecule has 0 amide bonds. The minimum Gasteiger partial charge on any atom is -0.444 e. The minimum atomic E-state index is -3.91. The highest BCUT2D eigenvalue weighted by Gasteiger charge is 2.20. The smallest absolute Gasteiger partial charge is 0.241 e. The van der Waals surface area contributed by atoms with Crippen molar-refractivity contribution in [3.63, 3.8) is 0 Å². The molecular formula is C13H16FN3O3S. The van der Waals surface area contributed by atoms with Gasteiger partial charge in [0.05, 0.1) is 17.1 Å². The molecule has 0 aliphatic carbocycles. The van der Waals surface area contributed by atoms with Gasteiger partial charge in [-0.3, -0.25) is 0 Å². The highest BCUT2D eigenvalue weighted by Crippen LogP contribution is 2.22. The summed E-state index contributed by atoms with van der Waals surface area (Å²) in [5, 5.41) is 0. The molecule has 0 aliphatic rings. The summed E-state index contributed by atoms with van der Waals surface area (Å²) in [5.74, 6) is 0.198. The van der Waals surface area contributed by atoms with Crippen molar-refractivity contribution in [1.82, 2.24) is 9.71 Å². The van der Waals surface area contributed by atoms with Gasteiger partial charge in [-0.1, -0.05) is 0 Å². The topological polar surface area (TPSA) is 98.2 Å². The quantitative estimate of drug-likeness (QED) is 0.839. The molecule has 0 fully saturated rings. The van der Waals surface area contributed by atoms with E-state index in [1.54, 1.807) is 13.8 Å². The Hall–Kier alpha value is -1.93. The van der Waals surface area contributed by atoms with Gasteiger partial charge in [0, 0.05) is 11.3 Å². The molecule has 0 spiro atoms. The SMILES string of the molecule is Cc1nc(CNS(=O)(=O)c2cc(N)cc(F)c2C)oc1C. The number of nitrogen functional groups attached to an aromatic ring is 1. The number of nitrogens with one attached hydrogen (secondary N) is 1. The molecule has 21 heavy (non-hydrogen) atoms. The Morgan fingerprint density at radius 3 is 2.57 bits per heavy atom. The van der Waals surface area contributed by atoms with Crippen molar-refractivity contribution in [3.05, 3.63) is 40.9 Å². The van der Waals surface area contributed by atoms with Crippen molar-refractivity contribution in [2.24, 2.45) is 0 Å². The molecule has 2 rings (SSSR count). The number of benzene rings is 1. The van der Waals surface area contributed by atoms with Crippen LogP contribution in [-0.4, -0.2) is 13.4 Å². The number of sulfonamides is 1. The van der Waals surface area contributed by atoms with E-state index in [1.807, 2.05) is 0 Å². The summed E-state index contributed by atoms with van der Waals surface area (Å²) in [6, 6.07) is 2.29. The summed E-state index contributed by atoms with van der Waals surface area (Å²) >= 11 is 0. The van der Waals surface area contributed by atoms with Crippen LogP contribution in [0.25, 0.3) is 0 Å². The molecule has 1 aromatic carbocycles. The van der Waals surface area contributed by atoms with Gasteiger partial charge < -0.3 is 10.2 Å². The Labute approximate surface area is 122 Å². The van der Waals surface area contributed by atoms with Crippen LogP contribution in [0, 0.1) is 26.6 Å². The van der Waals surface area contributed by atoms with Gasteiger partial charge in [-0.15, -0.1) is 0 Å². The summed E-state index contributed by atoms with van der Waals surface area (Å²) < 4.78 is 45.6. The Morgan fingerprint density at radius 2 is 2.00 bits per heavy atom. The number of halogens is 1. The largest absolute Gasteiger partial charge is 0.444 e. The lowest BCUT2D eigenvalue weighted by Gasteiger charge is -2.09. The Kier molecular flexibility index (Phi) is 4.02. The third kappa shape index (κ3) is 3.22. The van der Waals surface area contributed by atoms with Crippen LogP contribution < -0.4 is 10.5 Å². The lowest BCUT2D eigenvalue weighted by Crippen LogP contribution is -2.24. The number of hydrogen-bond acceptors (Lipinski definition) is 5. The zero-order valence-electron chi connectivity index (χ0n) is 11.9. The molecule has 0 bridgehead atoms. The summed E-state index contributed by atoms with van der Waals surface area (Å²) in [6.45, 7) is 4.75. The molecular weight excluding hydrogens is 297 g/mol. The van der Waals surface area contributed by atoms with E-state index in [1.165, 1.54) is 13.0 Å². The average molecular weight is 313 g/mol. The van der Waals surface area contributed by atoms with Crippen LogP contribution in [0.2, 0.25) is 0 Å². The number of aromatic nitrogens is 1. The van der Waals surface area contributed by atoms with Crippen LogP contribution in [0.4, 0.5) is 10.1 Å². The Bertz CT molecular complexity index is 765. The average Bonchev–Trinajstić information content (AvgIpc) is 2.71. The summed E-state index contributed by atoms with van der Waals surface area (Å²) in [5.41, 5.74) is 6.24. The number of anilines is 1. The number of rotatable bonds is 4. The van der Waals surface area contributed by atoms with Crippen molar-refractivity contribution in [2.75, 3.05) is 5.73 Å². The van der Waals surface area contributed by atoms with E-state index in [2.05, 4.69) is 9.71 Å². The van der Waals surface area contributed by atoms with Crippen LogP contribution in [0.15, 0.2) is 21.4 Å². The van der Waals surface area contributed by atoms with Gasteiger partial charge in [0.2, 0.25) is 15.9 Å². The standard InChI is InChI=1S/C13H16FN3O3S/c1-7-11(14)4-10(15)5-12(7)21(18,19)16-6-13-17-8(2)9(3)20-13/h4-5,16H,6,15H2,1-3H3. The minimum absolute atomic E-state index is 0.0106. The number of oxazole rings is 1. The lowest BCUT2D eigenvalue weighted by atomic mass is 10.2. The second-order valence-corrected chi connectivity index (χ2v) is 6.43. The zero-order chi connectivity index (χ0) is 15.8. The second-order valence-electron chi connectivity index (χ2n) is 4.70. The first-order valence-corrected chi connectivity index (χ1v) is 7.67. The molecule has 0 atom stereocenters. The molecule has 0 saturated heterocycles. The van der Waals surface area contributed by atoms with Crippen molar-refractivity contribution in [2.45, 2.75) is 32.2 Å². The maximum atomic E-state index is 13.6.